The molecule has 0 aliphatic rings. The third-order valence-corrected chi connectivity index (χ3v) is 7.76. The summed E-state index contributed by atoms with van der Waals surface area (Å²) >= 11 is 0. The van der Waals surface area contributed by atoms with Crippen molar-refractivity contribution >= 4 is 32.8 Å². The summed E-state index contributed by atoms with van der Waals surface area (Å²) in [6, 6.07) is 5.08. The van der Waals surface area contributed by atoms with Gasteiger partial charge in [-0.1, -0.05) is 31.9 Å². The molecule has 0 saturated heterocycles. The van der Waals surface area contributed by atoms with Gasteiger partial charge in [-0.05, 0) is 24.1 Å². The highest BCUT2D eigenvalue weighted by atomic mass is 31.2. The van der Waals surface area contributed by atoms with E-state index in [-0.39, 0.29) is 0 Å². The molecule has 0 spiro atoms. The van der Waals surface area contributed by atoms with Gasteiger partial charge < -0.3 is 34.7 Å². The van der Waals surface area contributed by atoms with Gasteiger partial charge in [-0.3, -0.25) is 18.7 Å². The van der Waals surface area contributed by atoms with Gasteiger partial charge in [0.05, 0.1) is 0 Å². The first-order valence-electron chi connectivity index (χ1n) is 9.07. The van der Waals surface area contributed by atoms with Crippen molar-refractivity contribution in [1.29, 1.82) is 0 Å². The molecule has 0 aromatic heterocycles. The highest BCUT2D eigenvalue weighted by Crippen LogP contribution is 2.62. The molecule has 0 heterocycles. The van der Waals surface area contributed by atoms with Gasteiger partial charge in [0.2, 0.25) is 0 Å². The van der Waals surface area contributed by atoms with Gasteiger partial charge in [-0.15, -0.1) is 0 Å². The largest absolute Gasteiger partial charge is 0.481 e. The Balaban J connectivity index is 3.47. The van der Waals surface area contributed by atoms with Crippen LogP contribution in [0.2, 0.25) is 0 Å². The first-order chi connectivity index (χ1) is 13.7. The third-order valence-electron chi connectivity index (χ3n) is 4.91. The van der Waals surface area contributed by atoms with Crippen molar-refractivity contribution in [3.63, 3.8) is 0 Å². The minimum atomic E-state index is -5.63. The molecule has 1 rings (SSSR count). The zero-order valence-corrected chi connectivity index (χ0v) is 18.4. The number of unbranched alkanes of at least 4 members (excludes halogenated alkanes) is 2. The Kier molecular flexibility index (Phi) is 8.80. The zero-order valence-electron chi connectivity index (χ0n) is 16.6. The maximum atomic E-state index is 12.2. The fraction of sp³-hybridized carbons (Fsp3) is 0.529. The van der Waals surface area contributed by atoms with Crippen molar-refractivity contribution in [2.75, 3.05) is 18.5 Å². The summed E-state index contributed by atoms with van der Waals surface area (Å²) in [7, 11) is -9.26. The molecule has 0 radical (unpaired) electrons. The molecule has 1 aromatic rings. The maximum absolute atomic E-state index is 12.2. The summed E-state index contributed by atoms with van der Waals surface area (Å²) in [6.07, 6.45) is 1.43. The molecule has 2 atom stereocenters. The summed E-state index contributed by atoms with van der Waals surface area (Å²) in [6.45, 7) is 2.74. The second-order valence-electron chi connectivity index (χ2n) is 7.03. The fourth-order valence-corrected chi connectivity index (χ4v) is 5.19. The lowest BCUT2D eigenvalue weighted by atomic mass is 9.92. The summed E-state index contributed by atoms with van der Waals surface area (Å²) < 4.78 is 23.8. The van der Waals surface area contributed by atoms with Crippen LogP contribution in [0.15, 0.2) is 24.3 Å². The van der Waals surface area contributed by atoms with Crippen molar-refractivity contribution in [2.45, 2.75) is 43.4 Å². The Labute approximate surface area is 173 Å². The Morgan fingerprint density at radius 3 is 1.93 bits per heavy atom. The van der Waals surface area contributed by atoms with E-state index in [4.69, 9.17) is 5.11 Å². The summed E-state index contributed by atoms with van der Waals surface area (Å²) in [4.78, 5) is 63.5. The molecule has 1 aromatic carbocycles. The van der Waals surface area contributed by atoms with Crippen LogP contribution in [-0.4, -0.2) is 61.0 Å². The molecular formula is C17H27NO10P2. The molecule has 0 bridgehead atoms. The molecule has 30 heavy (non-hydrogen) atoms. The predicted octanol–water partition coefficient (Wildman–Crippen LogP) is 1.79. The Bertz CT molecular complexity index is 847. The van der Waals surface area contributed by atoms with E-state index in [0.717, 1.165) is 31.4 Å². The quantitative estimate of drug-likeness (QED) is 0.194. The molecular weight excluding hydrogens is 440 g/mol. The van der Waals surface area contributed by atoms with Gasteiger partial charge >= 0.3 is 27.1 Å². The van der Waals surface area contributed by atoms with E-state index in [9.17, 15) is 43.4 Å². The Hall–Kier alpha value is -1.74. The van der Waals surface area contributed by atoms with Gasteiger partial charge in [0.15, 0.2) is 10.8 Å². The molecule has 0 aliphatic carbocycles. The molecule has 0 saturated carbocycles. The average Bonchev–Trinajstić information content (AvgIpc) is 2.60. The fourth-order valence-electron chi connectivity index (χ4n) is 3.09. The van der Waals surface area contributed by atoms with Gasteiger partial charge in [-0.2, -0.15) is 0 Å². The summed E-state index contributed by atoms with van der Waals surface area (Å²) in [5.74, 6) is -4.14. The standard InChI is InChI=1S/C17H27NO10P2/c1-3-4-5-10-18(2)13-8-6-12(7-9-13)17(16(21)22,30(26,27)28)11-14(15(19)20)29(23,24)25/h6-9,14H,3-5,10-11H2,1-2H3,(H,19,20)(H,21,22)(H2,23,24,25)(H2,26,27,28). The van der Waals surface area contributed by atoms with Crippen LogP contribution in [0.3, 0.4) is 0 Å². The average molecular weight is 467 g/mol. The van der Waals surface area contributed by atoms with Gasteiger partial charge in [0.1, 0.15) is 0 Å². The lowest BCUT2D eigenvalue weighted by molar-refractivity contribution is -0.142. The van der Waals surface area contributed by atoms with Crippen LogP contribution in [0.5, 0.6) is 0 Å². The van der Waals surface area contributed by atoms with Crippen molar-refractivity contribution in [3.8, 4) is 0 Å². The molecule has 13 heteroatoms. The number of nitrogens with zero attached hydrogens (tertiary/aromatic N) is 1. The molecule has 11 nitrogen and oxygen atoms in total. The van der Waals surface area contributed by atoms with Crippen LogP contribution < -0.4 is 4.90 Å². The van der Waals surface area contributed by atoms with E-state index in [1.165, 1.54) is 12.1 Å². The van der Waals surface area contributed by atoms with E-state index in [0.29, 0.717) is 12.2 Å². The van der Waals surface area contributed by atoms with Crippen molar-refractivity contribution in [2.24, 2.45) is 0 Å². The van der Waals surface area contributed by atoms with Crippen LogP contribution in [-0.2, 0) is 23.9 Å². The number of hydrogen-bond acceptors (Lipinski definition) is 5. The minimum Gasteiger partial charge on any atom is -0.481 e. The molecule has 0 aliphatic heterocycles. The smallest absolute Gasteiger partial charge is 0.347 e. The molecule has 6 N–H and O–H groups in total. The van der Waals surface area contributed by atoms with E-state index in [1.807, 2.05) is 11.8 Å². The molecule has 2 unspecified atom stereocenters. The van der Waals surface area contributed by atoms with Crippen LogP contribution in [0.1, 0.15) is 38.2 Å². The lowest BCUT2D eigenvalue weighted by Crippen LogP contribution is -2.41. The molecule has 0 fully saturated rings. The number of benzene rings is 1. The molecule has 170 valence electrons. The van der Waals surface area contributed by atoms with Crippen molar-refractivity contribution in [3.05, 3.63) is 29.8 Å². The number of rotatable bonds is 12. The normalized spacial score (nSPS) is 15.3. The number of carboxylic acids is 2. The van der Waals surface area contributed by atoms with Crippen molar-refractivity contribution in [1.82, 2.24) is 0 Å². The summed E-state index contributed by atoms with van der Waals surface area (Å²) in [5, 5.41) is 15.7. The Morgan fingerprint density at radius 2 is 1.57 bits per heavy atom. The number of aliphatic carboxylic acids is 2. The zero-order chi connectivity index (χ0) is 23.3. The van der Waals surface area contributed by atoms with Gasteiger partial charge in [0, 0.05) is 25.7 Å². The van der Waals surface area contributed by atoms with Crippen LogP contribution in [0.25, 0.3) is 0 Å². The topological polar surface area (TPSA) is 193 Å². The minimum absolute atomic E-state index is 0.450. The molecule has 0 amide bonds. The number of carboxylic acid groups (broad SMARTS) is 2. The van der Waals surface area contributed by atoms with E-state index in [1.54, 1.807) is 7.05 Å². The second-order valence-corrected chi connectivity index (χ2v) is 10.7. The first kappa shape index (κ1) is 26.3. The first-order valence-corrected chi connectivity index (χ1v) is 12.4. The Morgan fingerprint density at radius 1 is 1.03 bits per heavy atom. The van der Waals surface area contributed by atoms with E-state index in [2.05, 4.69) is 0 Å². The lowest BCUT2D eigenvalue weighted by Gasteiger charge is -2.33. The monoisotopic (exact) mass is 467 g/mol. The highest BCUT2D eigenvalue weighted by Gasteiger charge is 2.59. The van der Waals surface area contributed by atoms with Gasteiger partial charge in [0.25, 0.3) is 0 Å². The maximum Gasteiger partial charge on any atom is 0.347 e. The van der Waals surface area contributed by atoms with Crippen LogP contribution >= 0.6 is 15.2 Å². The third kappa shape index (κ3) is 5.91. The summed E-state index contributed by atoms with van der Waals surface area (Å²) in [5.41, 5.74) is -2.43. The van der Waals surface area contributed by atoms with E-state index >= 15 is 0 Å². The second kappa shape index (κ2) is 10.0. The van der Waals surface area contributed by atoms with E-state index < -0.39 is 49.9 Å². The van der Waals surface area contributed by atoms with Crippen LogP contribution in [0.4, 0.5) is 5.69 Å². The number of anilines is 1. The van der Waals surface area contributed by atoms with Crippen LogP contribution in [0, 0.1) is 0 Å². The number of hydrogen-bond donors (Lipinski definition) is 6. The SMILES string of the molecule is CCCCCN(C)c1ccc(C(CC(C(=O)O)P(=O)(O)O)(C(=O)O)P(=O)(O)O)cc1. The highest BCUT2D eigenvalue weighted by molar-refractivity contribution is 7.55. The van der Waals surface area contributed by atoms with Gasteiger partial charge in [-0.25, -0.2) is 0 Å². The number of carbonyl (C=O) groups is 2. The predicted molar refractivity (Wildman–Crippen MR) is 109 cm³/mol. The van der Waals surface area contributed by atoms with Crippen molar-refractivity contribution < 1.29 is 48.5 Å².